The molecule has 0 bridgehead atoms. The van der Waals surface area contributed by atoms with Crippen LogP contribution in [0.5, 0.6) is 5.75 Å². The second kappa shape index (κ2) is 6.01. The molecule has 18 heavy (non-hydrogen) atoms. The summed E-state index contributed by atoms with van der Waals surface area (Å²) >= 11 is 0. The number of benzene rings is 1. The van der Waals surface area contributed by atoms with Crippen molar-refractivity contribution in [3.05, 3.63) is 29.8 Å². The molecule has 0 unspecified atom stereocenters. The Morgan fingerprint density at radius 1 is 1.22 bits per heavy atom. The van der Waals surface area contributed by atoms with Gasteiger partial charge in [-0.15, -0.1) is 0 Å². The average Bonchev–Trinajstić information content (AvgIpc) is 2.37. The predicted octanol–water partition coefficient (Wildman–Crippen LogP) is 3.17. The quantitative estimate of drug-likeness (QED) is 0.788. The van der Waals surface area contributed by atoms with E-state index in [1.807, 2.05) is 39.8 Å². The van der Waals surface area contributed by atoms with E-state index in [0.29, 0.717) is 18.4 Å². The highest BCUT2D eigenvalue weighted by Gasteiger charge is 2.30. The van der Waals surface area contributed by atoms with Gasteiger partial charge in [0.05, 0.1) is 11.6 Å². The highest BCUT2D eigenvalue weighted by Crippen LogP contribution is 2.21. The van der Waals surface area contributed by atoms with Crippen molar-refractivity contribution >= 4 is 5.78 Å². The SMILES string of the molecule is CCC(N)(CC)C(=O)c1ccc(OC(C)C)cc1. The molecule has 0 radical (unpaired) electrons. The van der Waals surface area contributed by atoms with E-state index in [9.17, 15) is 4.79 Å². The zero-order valence-corrected chi connectivity index (χ0v) is 11.7. The molecule has 1 rings (SSSR count). The summed E-state index contributed by atoms with van der Waals surface area (Å²) in [5.74, 6) is 0.778. The maximum Gasteiger partial charge on any atom is 0.182 e. The molecule has 0 aliphatic heterocycles. The van der Waals surface area contributed by atoms with E-state index in [-0.39, 0.29) is 11.9 Å². The number of Topliss-reactive ketones (excluding diaryl/α,β-unsaturated/α-hetero) is 1. The third-order valence-corrected chi connectivity index (χ3v) is 3.20. The molecule has 1 aromatic rings. The van der Waals surface area contributed by atoms with Gasteiger partial charge in [0.2, 0.25) is 0 Å². The summed E-state index contributed by atoms with van der Waals surface area (Å²) in [6.45, 7) is 7.82. The lowest BCUT2D eigenvalue weighted by atomic mass is 9.85. The third-order valence-electron chi connectivity index (χ3n) is 3.20. The Bertz CT molecular complexity index is 391. The Morgan fingerprint density at radius 3 is 2.11 bits per heavy atom. The second-order valence-electron chi connectivity index (χ2n) is 4.88. The second-order valence-corrected chi connectivity index (χ2v) is 4.88. The molecule has 0 saturated carbocycles. The predicted molar refractivity (Wildman–Crippen MR) is 74.0 cm³/mol. The molecular weight excluding hydrogens is 226 g/mol. The number of ether oxygens (including phenoxy) is 1. The van der Waals surface area contributed by atoms with Gasteiger partial charge in [0, 0.05) is 5.56 Å². The fraction of sp³-hybridized carbons (Fsp3) is 0.533. The van der Waals surface area contributed by atoms with Crippen LogP contribution in [0.4, 0.5) is 0 Å². The number of hydrogen-bond acceptors (Lipinski definition) is 3. The zero-order valence-electron chi connectivity index (χ0n) is 11.7. The molecule has 1 aromatic carbocycles. The molecule has 100 valence electrons. The van der Waals surface area contributed by atoms with Gasteiger partial charge >= 0.3 is 0 Å². The van der Waals surface area contributed by atoms with Gasteiger partial charge in [0.25, 0.3) is 0 Å². The van der Waals surface area contributed by atoms with Crippen LogP contribution in [0.25, 0.3) is 0 Å². The first kappa shape index (κ1) is 14.7. The molecule has 0 saturated heterocycles. The lowest BCUT2D eigenvalue weighted by Gasteiger charge is -2.25. The molecule has 0 spiro atoms. The summed E-state index contributed by atoms with van der Waals surface area (Å²) in [6.07, 6.45) is 1.42. The van der Waals surface area contributed by atoms with Crippen molar-refractivity contribution in [2.45, 2.75) is 52.2 Å². The lowest BCUT2D eigenvalue weighted by Crippen LogP contribution is -2.46. The summed E-state index contributed by atoms with van der Waals surface area (Å²) in [7, 11) is 0. The van der Waals surface area contributed by atoms with E-state index in [0.717, 1.165) is 5.75 Å². The van der Waals surface area contributed by atoms with Gasteiger partial charge in [-0.05, 0) is 51.0 Å². The highest BCUT2D eigenvalue weighted by atomic mass is 16.5. The van der Waals surface area contributed by atoms with Crippen LogP contribution < -0.4 is 10.5 Å². The Hall–Kier alpha value is -1.35. The van der Waals surface area contributed by atoms with E-state index >= 15 is 0 Å². The number of rotatable bonds is 6. The van der Waals surface area contributed by atoms with Crippen molar-refractivity contribution < 1.29 is 9.53 Å². The van der Waals surface area contributed by atoms with Gasteiger partial charge < -0.3 is 10.5 Å². The van der Waals surface area contributed by atoms with Crippen LogP contribution in [-0.2, 0) is 0 Å². The van der Waals surface area contributed by atoms with Crippen molar-refractivity contribution in [1.29, 1.82) is 0 Å². The van der Waals surface area contributed by atoms with Crippen LogP contribution in [0.15, 0.2) is 24.3 Å². The largest absolute Gasteiger partial charge is 0.491 e. The number of ketones is 1. The molecule has 3 nitrogen and oxygen atoms in total. The summed E-state index contributed by atoms with van der Waals surface area (Å²) in [5.41, 5.74) is 6.01. The maximum atomic E-state index is 12.3. The van der Waals surface area contributed by atoms with E-state index in [2.05, 4.69) is 0 Å². The summed E-state index contributed by atoms with van der Waals surface area (Å²) in [4.78, 5) is 12.3. The molecule has 0 heterocycles. The van der Waals surface area contributed by atoms with Gasteiger partial charge in [-0.2, -0.15) is 0 Å². The fourth-order valence-electron chi connectivity index (χ4n) is 1.82. The van der Waals surface area contributed by atoms with E-state index in [1.165, 1.54) is 0 Å². The molecular formula is C15H23NO2. The van der Waals surface area contributed by atoms with Crippen LogP contribution in [0.3, 0.4) is 0 Å². The first-order valence-corrected chi connectivity index (χ1v) is 6.53. The Balaban J connectivity index is 2.88. The van der Waals surface area contributed by atoms with Crippen molar-refractivity contribution in [3.8, 4) is 5.75 Å². The fourth-order valence-corrected chi connectivity index (χ4v) is 1.82. The zero-order chi connectivity index (χ0) is 13.8. The van der Waals surface area contributed by atoms with Gasteiger partial charge in [-0.25, -0.2) is 0 Å². The van der Waals surface area contributed by atoms with Crippen LogP contribution in [-0.4, -0.2) is 17.4 Å². The third kappa shape index (κ3) is 3.33. The number of carbonyl (C=O) groups is 1. The van der Waals surface area contributed by atoms with Crippen molar-refractivity contribution in [2.75, 3.05) is 0 Å². The topological polar surface area (TPSA) is 52.3 Å². The molecule has 0 atom stereocenters. The van der Waals surface area contributed by atoms with Gasteiger partial charge in [0.1, 0.15) is 5.75 Å². The normalized spacial score (nSPS) is 11.7. The summed E-state index contributed by atoms with van der Waals surface area (Å²) in [5, 5.41) is 0. The van der Waals surface area contributed by atoms with Gasteiger partial charge in [-0.1, -0.05) is 13.8 Å². The number of nitrogens with two attached hydrogens (primary N) is 1. The Labute approximate surface area is 109 Å². The molecule has 0 amide bonds. The number of hydrogen-bond donors (Lipinski definition) is 1. The monoisotopic (exact) mass is 249 g/mol. The first-order valence-electron chi connectivity index (χ1n) is 6.53. The molecule has 0 aromatic heterocycles. The van der Waals surface area contributed by atoms with Crippen molar-refractivity contribution in [3.63, 3.8) is 0 Å². The van der Waals surface area contributed by atoms with E-state index < -0.39 is 5.54 Å². The number of carbonyl (C=O) groups excluding carboxylic acids is 1. The van der Waals surface area contributed by atoms with Gasteiger partial charge in [-0.3, -0.25) is 4.79 Å². The highest BCUT2D eigenvalue weighted by molar-refractivity contribution is 6.03. The molecule has 0 fully saturated rings. The minimum absolute atomic E-state index is 0.00333. The molecule has 0 aliphatic rings. The lowest BCUT2D eigenvalue weighted by molar-refractivity contribution is 0.0879. The maximum absolute atomic E-state index is 12.3. The van der Waals surface area contributed by atoms with Crippen LogP contribution in [0.2, 0.25) is 0 Å². The molecule has 3 heteroatoms. The van der Waals surface area contributed by atoms with Crippen LogP contribution in [0, 0.1) is 0 Å². The average molecular weight is 249 g/mol. The minimum Gasteiger partial charge on any atom is -0.491 e. The molecule has 0 aliphatic carbocycles. The minimum atomic E-state index is -0.750. The smallest absolute Gasteiger partial charge is 0.182 e. The Morgan fingerprint density at radius 2 is 1.72 bits per heavy atom. The van der Waals surface area contributed by atoms with Crippen LogP contribution >= 0.6 is 0 Å². The first-order chi connectivity index (χ1) is 8.42. The van der Waals surface area contributed by atoms with Gasteiger partial charge in [0.15, 0.2) is 5.78 Å². The van der Waals surface area contributed by atoms with Crippen molar-refractivity contribution in [1.82, 2.24) is 0 Å². The van der Waals surface area contributed by atoms with Crippen molar-refractivity contribution in [2.24, 2.45) is 5.73 Å². The molecule has 2 N–H and O–H groups in total. The standard InChI is InChI=1S/C15H23NO2/c1-5-15(16,6-2)14(17)12-7-9-13(10-8-12)18-11(3)4/h7-11H,5-6,16H2,1-4H3. The Kier molecular flexibility index (Phi) is 4.91. The van der Waals surface area contributed by atoms with E-state index in [1.54, 1.807) is 12.1 Å². The van der Waals surface area contributed by atoms with E-state index in [4.69, 9.17) is 10.5 Å². The van der Waals surface area contributed by atoms with Crippen LogP contribution in [0.1, 0.15) is 50.9 Å². The summed E-state index contributed by atoms with van der Waals surface area (Å²) in [6, 6.07) is 7.21. The summed E-state index contributed by atoms with van der Waals surface area (Å²) < 4.78 is 5.54.